The van der Waals surface area contributed by atoms with Crippen LogP contribution in [0.25, 0.3) is 11.2 Å². The van der Waals surface area contributed by atoms with E-state index in [0.717, 1.165) is 16.7 Å². The average Bonchev–Trinajstić information content (AvgIpc) is 2.82. The van der Waals surface area contributed by atoms with Gasteiger partial charge >= 0.3 is 0 Å². The molecule has 0 aliphatic heterocycles. The fourth-order valence-corrected chi connectivity index (χ4v) is 1.87. The highest BCUT2D eigenvalue weighted by atomic mass is 16.5. The smallest absolute Gasteiger partial charge is 0.221 e. The molecule has 0 N–H and O–H groups in total. The molecule has 0 aliphatic carbocycles. The van der Waals surface area contributed by atoms with Crippen LogP contribution in [0.1, 0.15) is 11.3 Å². The van der Waals surface area contributed by atoms with Gasteiger partial charge in [-0.05, 0) is 24.6 Å². The molecule has 0 atom stereocenters. The Hall–Kier alpha value is -2.94. The number of hydrogen-bond acceptors (Lipinski definition) is 5. The van der Waals surface area contributed by atoms with Crippen LogP contribution in [0, 0.1) is 18.3 Å². The minimum atomic E-state index is 0.366. The summed E-state index contributed by atoms with van der Waals surface area (Å²) in [6.07, 6.45) is 3.24. The number of nitrogens with zero attached hydrogens (tertiary/aromatic N) is 5. The van der Waals surface area contributed by atoms with Crippen molar-refractivity contribution in [1.82, 2.24) is 19.5 Å². The molecule has 0 amide bonds. The second-order valence-corrected chi connectivity index (χ2v) is 4.40. The van der Waals surface area contributed by atoms with Crippen LogP contribution >= 0.6 is 0 Å². The lowest BCUT2D eigenvalue weighted by molar-refractivity contribution is 0.458. The van der Waals surface area contributed by atoms with Gasteiger partial charge < -0.3 is 9.30 Å². The molecule has 0 spiro atoms. The number of hydrogen-bond donors (Lipinski definition) is 0. The zero-order valence-corrected chi connectivity index (χ0v) is 11.0. The Morgan fingerprint density at radius 1 is 1.30 bits per heavy atom. The SMILES string of the molecule is Cc1cc(C#N)ncc1Oc1ccc2ncn(C)c2n1. The standard InChI is InChI=1S/C14H11N5O/c1-9-5-10(6-15)16-7-12(9)20-13-4-3-11-14(18-13)19(2)8-17-11/h3-5,7-8H,1-2H3. The van der Waals surface area contributed by atoms with Crippen molar-refractivity contribution in [1.29, 1.82) is 5.26 Å². The van der Waals surface area contributed by atoms with Crippen molar-refractivity contribution in [2.45, 2.75) is 6.92 Å². The van der Waals surface area contributed by atoms with E-state index in [4.69, 9.17) is 10.00 Å². The van der Waals surface area contributed by atoms with Gasteiger partial charge in [-0.2, -0.15) is 10.2 Å². The lowest BCUT2D eigenvalue weighted by atomic mass is 10.2. The summed E-state index contributed by atoms with van der Waals surface area (Å²) in [7, 11) is 1.88. The van der Waals surface area contributed by atoms with Crippen LogP contribution in [-0.4, -0.2) is 19.5 Å². The topological polar surface area (TPSA) is 76.6 Å². The Labute approximate surface area is 115 Å². The average molecular weight is 265 g/mol. The lowest BCUT2D eigenvalue weighted by Crippen LogP contribution is -1.95. The van der Waals surface area contributed by atoms with E-state index in [2.05, 4.69) is 15.0 Å². The summed E-state index contributed by atoms with van der Waals surface area (Å²) in [4.78, 5) is 12.6. The molecule has 0 unspecified atom stereocenters. The van der Waals surface area contributed by atoms with Crippen molar-refractivity contribution in [2.24, 2.45) is 7.05 Å². The predicted molar refractivity (Wildman–Crippen MR) is 72.3 cm³/mol. The Morgan fingerprint density at radius 3 is 2.90 bits per heavy atom. The molecule has 0 fully saturated rings. The van der Waals surface area contributed by atoms with Gasteiger partial charge in [0, 0.05) is 13.1 Å². The maximum atomic E-state index is 8.79. The minimum Gasteiger partial charge on any atom is -0.437 e. The molecule has 3 rings (SSSR count). The summed E-state index contributed by atoms with van der Waals surface area (Å²) < 4.78 is 7.54. The van der Waals surface area contributed by atoms with E-state index >= 15 is 0 Å². The van der Waals surface area contributed by atoms with Crippen LogP contribution in [0.5, 0.6) is 11.6 Å². The summed E-state index contributed by atoms with van der Waals surface area (Å²) in [5.74, 6) is 1.05. The highest BCUT2D eigenvalue weighted by molar-refractivity contribution is 5.71. The third-order valence-electron chi connectivity index (χ3n) is 2.92. The maximum Gasteiger partial charge on any atom is 0.221 e. The molecular formula is C14H11N5O. The van der Waals surface area contributed by atoms with Crippen molar-refractivity contribution in [3.05, 3.63) is 42.0 Å². The van der Waals surface area contributed by atoms with Crippen LogP contribution in [0.4, 0.5) is 0 Å². The Balaban J connectivity index is 1.96. The normalized spacial score (nSPS) is 10.4. The highest BCUT2D eigenvalue weighted by Crippen LogP contribution is 2.24. The van der Waals surface area contributed by atoms with E-state index in [1.165, 1.54) is 6.20 Å². The predicted octanol–water partition coefficient (Wildman–Crippen LogP) is 2.34. The first kappa shape index (κ1) is 12.1. The van der Waals surface area contributed by atoms with Gasteiger partial charge in [0.05, 0.1) is 12.5 Å². The molecule has 3 aromatic heterocycles. The summed E-state index contributed by atoms with van der Waals surface area (Å²) in [5, 5.41) is 8.79. The van der Waals surface area contributed by atoms with Crippen LogP contribution in [0.3, 0.4) is 0 Å². The van der Waals surface area contributed by atoms with Crippen molar-refractivity contribution >= 4 is 11.2 Å². The van der Waals surface area contributed by atoms with E-state index in [0.29, 0.717) is 17.3 Å². The van der Waals surface area contributed by atoms with Crippen molar-refractivity contribution in [3.63, 3.8) is 0 Å². The Kier molecular flexibility index (Phi) is 2.80. The molecule has 98 valence electrons. The molecule has 3 aromatic rings. The van der Waals surface area contributed by atoms with Crippen LogP contribution in [-0.2, 0) is 7.05 Å². The van der Waals surface area contributed by atoms with Crippen molar-refractivity contribution in [2.75, 3.05) is 0 Å². The van der Waals surface area contributed by atoms with E-state index in [1.807, 2.05) is 30.7 Å². The number of rotatable bonds is 2. The fourth-order valence-electron chi connectivity index (χ4n) is 1.87. The molecule has 6 heteroatoms. The molecule has 3 heterocycles. The zero-order chi connectivity index (χ0) is 14.1. The lowest BCUT2D eigenvalue weighted by Gasteiger charge is -2.07. The van der Waals surface area contributed by atoms with Gasteiger partial charge in [0.1, 0.15) is 17.3 Å². The second kappa shape index (κ2) is 4.63. The molecule has 0 saturated carbocycles. The van der Waals surface area contributed by atoms with Crippen molar-refractivity contribution in [3.8, 4) is 17.7 Å². The highest BCUT2D eigenvalue weighted by Gasteiger charge is 2.07. The summed E-state index contributed by atoms with van der Waals surface area (Å²) in [6.45, 7) is 1.86. The van der Waals surface area contributed by atoms with Gasteiger partial charge in [-0.3, -0.25) is 0 Å². The molecule has 0 radical (unpaired) electrons. The molecule has 0 aliphatic rings. The first-order chi connectivity index (χ1) is 9.67. The maximum absolute atomic E-state index is 8.79. The van der Waals surface area contributed by atoms with E-state index in [9.17, 15) is 0 Å². The fraction of sp³-hybridized carbons (Fsp3) is 0.143. The van der Waals surface area contributed by atoms with Crippen LogP contribution in [0.2, 0.25) is 0 Å². The van der Waals surface area contributed by atoms with Crippen LogP contribution in [0.15, 0.2) is 30.7 Å². The number of nitriles is 1. The van der Waals surface area contributed by atoms with Gasteiger partial charge in [0.25, 0.3) is 0 Å². The number of aromatic nitrogens is 4. The summed E-state index contributed by atoms with van der Waals surface area (Å²) in [6, 6.07) is 7.28. The summed E-state index contributed by atoms with van der Waals surface area (Å²) in [5.41, 5.74) is 2.77. The Morgan fingerprint density at radius 2 is 2.15 bits per heavy atom. The number of aryl methyl sites for hydroxylation is 2. The van der Waals surface area contributed by atoms with Gasteiger partial charge in [0.2, 0.25) is 5.88 Å². The molecular weight excluding hydrogens is 254 g/mol. The monoisotopic (exact) mass is 265 g/mol. The number of ether oxygens (including phenoxy) is 1. The molecule has 0 saturated heterocycles. The quantitative estimate of drug-likeness (QED) is 0.710. The summed E-state index contributed by atoms with van der Waals surface area (Å²) >= 11 is 0. The van der Waals surface area contributed by atoms with E-state index < -0.39 is 0 Å². The van der Waals surface area contributed by atoms with Gasteiger partial charge in [-0.15, -0.1) is 0 Å². The zero-order valence-electron chi connectivity index (χ0n) is 11.0. The molecule has 20 heavy (non-hydrogen) atoms. The molecule has 6 nitrogen and oxygen atoms in total. The van der Waals surface area contributed by atoms with Crippen LogP contribution < -0.4 is 4.74 Å². The minimum absolute atomic E-state index is 0.366. The van der Waals surface area contributed by atoms with Crippen molar-refractivity contribution < 1.29 is 4.74 Å². The van der Waals surface area contributed by atoms with Gasteiger partial charge in [-0.25, -0.2) is 9.97 Å². The molecule has 0 bridgehead atoms. The van der Waals surface area contributed by atoms with Gasteiger partial charge in [-0.1, -0.05) is 0 Å². The van der Waals surface area contributed by atoms with Gasteiger partial charge in [0.15, 0.2) is 11.4 Å². The van der Waals surface area contributed by atoms with E-state index in [1.54, 1.807) is 18.5 Å². The Bertz CT molecular complexity index is 831. The number of imidazole rings is 1. The third-order valence-corrected chi connectivity index (χ3v) is 2.92. The van der Waals surface area contributed by atoms with E-state index in [-0.39, 0.29) is 0 Å². The molecule has 0 aromatic carbocycles. The number of pyridine rings is 2. The number of fused-ring (bicyclic) bond motifs is 1. The first-order valence-electron chi connectivity index (χ1n) is 6.00. The largest absolute Gasteiger partial charge is 0.437 e. The third kappa shape index (κ3) is 2.06. The first-order valence-corrected chi connectivity index (χ1v) is 6.00. The second-order valence-electron chi connectivity index (χ2n) is 4.40.